The molecule has 0 radical (unpaired) electrons. The van der Waals surface area contributed by atoms with Gasteiger partial charge >= 0.3 is 5.97 Å². The lowest BCUT2D eigenvalue weighted by atomic mass is 9.92. The SMILES string of the molecule is CCOc1ccccc1C(C)N1CC(C)(OCC(=O)O)C1. The summed E-state index contributed by atoms with van der Waals surface area (Å²) in [7, 11) is 0. The minimum absolute atomic E-state index is 0.217. The van der Waals surface area contributed by atoms with Crippen molar-refractivity contribution in [2.75, 3.05) is 26.3 Å². The van der Waals surface area contributed by atoms with E-state index in [9.17, 15) is 4.79 Å². The lowest BCUT2D eigenvalue weighted by Gasteiger charge is -2.50. The van der Waals surface area contributed by atoms with Gasteiger partial charge in [0.2, 0.25) is 0 Å². The number of ether oxygens (including phenoxy) is 2. The monoisotopic (exact) mass is 293 g/mol. The molecule has 0 amide bonds. The second kappa shape index (κ2) is 6.45. The van der Waals surface area contributed by atoms with E-state index >= 15 is 0 Å². The molecule has 0 saturated carbocycles. The van der Waals surface area contributed by atoms with Gasteiger partial charge in [0.15, 0.2) is 0 Å². The van der Waals surface area contributed by atoms with Crippen LogP contribution in [0, 0.1) is 0 Å². The predicted octanol–water partition coefficient (Wildman–Crippen LogP) is 2.32. The van der Waals surface area contributed by atoms with Crippen LogP contribution in [0.4, 0.5) is 0 Å². The number of aliphatic carboxylic acids is 1. The van der Waals surface area contributed by atoms with Gasteiger partial charge in [-0.15, -0.1) is 0 Å². The maximum atomic E-state index is 10.6. The fourth-order valence-corrected chi connectivity index (χ4v) is 2.72. The Hall–Kier alpha value is -1.59. The highest BCUT2D eigenvalue weighted by atomic mass is 16.5. The Balaban J connectivity index is 1.97. The summed E-state index contributed by atoms with van der Waals surface area (Å²) < 4.78 is 11.1. The summed E-state index contributed by atoms with van der Waals surface area (Å²) in [5.41, 5.74) is 0.785. The normalized spacial score (nSPS) is 18.8. The smallest absolute Gasteiger partial charge is 0.329 e. The largest absolute Gasteiger partial charge is 0.494 e. The molecule has 1 aliphatic heterocycles. The third-order valence-electron chi connectivity index (χ3n) is 3.84. The highest BCUT2D eigenvalue weighted by molar-refractivity contribution is 5.68. The quantitative estimate of drug-likeness (QED) is 0.836. The first-order chi connectivity index (χ1) is 9.95. The van der Waals surface area contributed by atoms with E-state index in [2.05, 4.69) is 17.9 Å². The van der Waals surface area contributed by atoms with Gasteiger partial charge in [0, 0.05) is 24.7 Å². The van der Waals surface area contributed by atoms with Crippen LogP contribution < -0.4 is 4.74 Å². The molecule has 1 heterocycles. The Bertz CT molecular complexity index is 497. The van der Waals surface area contributed by atoms with Crippen LogP contribution in [0.1, 0.15) is 32.4 Å². The first kappa shape index (κ1) is 15.8. The average molecular weight is 293 g/mol. The van der Waals surface area contributed by atoms with Crippen molar-refractivity contribution < 1.29 is 19.4 Å². The van der Waals surface area contributed by atoms with Gasteiger partial charge in [-0.3, -0.25) is 4.90 Å². The molecule has 1 saturated heterocycles. The summed E-state index contributed by atoms with van der Waals surface area (Å²) in [6.45, 7) is 7.91. The molecule has 0 aromatic heterocycles. The minimum Gasteiger partial charge on any atom is -0.494 e. The predicted molar refractivity (Wildman–Crippen MR) is 79.6 cm³/mol. The summed E-state index contributed by atoms with van der Waals surface area (Å²) in [4.78, 5) is 12.8. The van der Waals surface area contributed by atoms with Gasteiger partial charge < -0.3 is 14.6 Å². The number of carbonyl (C=O) groups is 1. The van der Waals surface area contributed by atoms with E-state index < -0.39 is 5.97 Å². The van der Waals surface area contributed by atoms with E-state index in [1.165, 1.54) is 0 Å². The van der Waals surface area contributed by atoms with Gasteiger partial charge in [0.05, 0.1) is 12.2 Å². The maximum absolute atomic E-state index is 10.6. The Kier molecular flexibility index (Phi) is 4.85. The van der Waals surface area contributed by atoms with Crippen LogP contribution in [0.5, 0.6) is 5.75 Å². The van der Waals surface area contributed by atoms with E-state index in [0.717, 1.165) is 24.4 Å². The summed E-state index contributed by atoms with van der Waals surface area (Å²) in [5.74, 6) is -0.0167. The molecule has 0 bridgehead atoms. The number of nitrogens with zero attached hydrogens (tertiary/aromatic N) is 1. The highest BCUT2D eigenvalue weighted by Gasteiger charge is 2.42. The molecule has 1 atom stereocenters. The second-order valence-electron chi connectivity index (χ2n) is 5.68. The average Bonchev–Trinajstić information content (AvgIpc) is 2.42. The highest BCUT2D eigenvalue weighted by Crippen LogP contribution is 2.36. The van der Waals surface area contributed by atoms with Crippen LogP contribution in [-0.2, 0) is 9.53 Å². The molecule has 1 N–H and O–H groups in total. The molecule has 1 fully saturated rings. The number of likely N-dealkylation sites (tertiary alicyclic amines) is 1. The van der Waals surface area contributed by atoms with Crippen LogP contribution in [0.3, 0.4) is 0 Å². The van der Waals surface area contributed by atoms with Crippen molar-refractivity contribution in [2.45, 2.75) is 32.4 Å². The second-order valence-corrected chi connectivity index (χ2v) is 5.68. The molecule has 0 spiro atoms. The molecule has 5 nitrogen and oxygen atoms in total. The van der Waals surface area contributed by atoms with Crippen LogP contribution in [0.2, 0.25) is 0 Å². The van der Waals surface area contributed by atoms with Gasteiger partial charge in [0.1, 0.15) is 12.4 Å². The first-order valence-corrected chi connectivity index (χ1v) is 7.27. The van der Waals surface area contributed by atoms with Gasteiger partial charge in [-0.1, -0.05) is 18.2 Å². The van der Waals surface area contributed by atoms with Crippen molar-refractivity contribution in [3.05, 3.63) is 29.8 Å². The topological polar surface area (TPSA) is 59.0 Å². The summed E-state index contributed by atoms with van der Waals surface area (Å²) in [6, 6.07) is 8.25. The van der Waals surface area contributed by atoms with Gasteiger partial charge in [0.25, 0.3) is 0 Å². The zero-order valence-corrected chi connectivity index (χ0v) is 12.8. The first-order valence-electron chi connectivity index (χ1n) is 7.27. The van der Waals surface area contributed by atoms with Crippen molar-refractivity contribution in [1.82, 2.24) is 4.90 Å². The molecular formula is C16H23NO4. The van der Waals surface area contributed by atoms with Gasteiger partial charge in [-0.05, 0) is 26.8 Å². The van der Waals surface area contributed by atoms with Crippen LogP contribution in [0.25, 0.3) is 0 Å². The van der Waals surface area contributed by atoms with E-state index in [1.54, 1.807) is 0 Å². The third-order valence-corrected chi connectivity index (χ3v) is 3.84. The lowest BCUT2D eigenvalue weighted by Crippen LogP contribution is -2.62. The fraction of sp³-hybridized carbons (Fsp3) is 0.562. The number of carboxylic acids is 1. The molecule has 1 aromatic rings. The van der Waals surface area contributed by atoms with Crippen molar-refractivity contribution in [3.8, 4) is 5.75 Å². The Morgan fingerprint density at radius 2 is 2.10 bits per heavy atom. The van der Waals surface area contributed by atoms with Crippen LogP contribution in [0.15, 0.2) is 24.3 Å². The molecule has 1 aromatic carbocycles. The maximum Gasteiger partial charge on any atom is 0.329 e. The molecule has 1 unspecified atom stereocenters. The molecule has 116 valence electrons. The fourth-order valence-electron chi connectivity index (χ4n) is 2.72. The van der Waals surface area contributed by atoms with Crippen molar-refractivity contribution >= 4 is 5.97 Å². The summed E-state index contributed by atoms with van der Waals surface area (Å²) in [5, 5.41) is 8.69. The van der Waals surface area contributed by atoms with Gasteiger partial charge in [-0.2, -0.15) is 0 Å². The number of hydrogen-bond acceptors (Lipinski definition) is 4. The van der Waals surface area contributed by atoms with Crippen LogP contribution in [-0.4, -0.2) is 47.9 Å². The van der Waals surface area contributed by atoms with E-state index in [1.807, 2.05) is 32.0 Å². The summed E-state index contributed by atoms with van der Waals surface area (Å²) in [6.07, 6.45) is 0. The van der Waals surface area contributed by atoms with Crippen molar-refractivity contribution in [3.63, 3.8) is 0 Å². The van der Waals surface area contributed by atoms with Gasteiger partial charge in [-0.25, -0.2) is 4.79 Å². The lowest BCUT2D eigenvalue weighted by molar-refractivity contribution is -0.169. The Morgan fingerprint density at radius 3 is 2.71 bits per heavy atom. The molecule has 1 aliphatic rings. The zero-order valence-electron chi connectivity index (χ0n) is 12.8. The number of hydrogen-bond donors (Lipinski definition) is 1. The number of benzene rings is 1. The van der Waals surface area contributed by atoms with E-state index in [-0.39, 0.29) is 18.2 Å². The zero-order chi connectivity index (χ0) is 15.5. The Labute approximate surface area is 125 Å². The molecule has 0 aliphatic carbocycles. The third kappa shape index (κ3) is 3.74. The van der Waals surface area contributed by atoms with E-state index in [0.29, 0.717) is 6.61 Å². The molecular weight excluding hydrogens is 270 g/mol. The molecule has 21 heavy (non-hydrogen) atoms. The van der Waals surface area contributed by atoms with Crippen LogP contribution >= 0.6 is 0 Å². The molecule has 2 rings (SSSR count). The number of carboxylic acid groups (broad SMARTS) is 1. The Morgan fingerprint density at radius 1 is 1.43 bits per heavy atom. The van der Waals surface area contributed by atoms with Crippen molar-refractivity contribution in [2.24, 2.45) is 0 Å². The summed E-state index contributed by atoms with van der Waals surface area (Å²) >= 11 is 0. The number of para-hydroxylation sites is 1. The number of rotatable bonds is 7. The van der Waals surface area contributed by atoms with Crippen molar-refractivity contribution in [1.29, 1.82) is 0 Å². The molecule has 5 heteroatoms. The van der Waals surface area contributed by atoms with E-state index in [4.69, 9.17) is 14.6 Å². The minimum atomic E-state index is -0.926. The standard InChI is InChI=1S/C16H23NO4/c1-4-20-14-8-6-5-7-13(14)12(2)17-10-16(3,11-17)21-9-15(18)19/h5-8,12H,4,9-11H2,1-3H3,(H,18,19).